The van der Waals surface area contributed by atoms with E-state index in [0.29, 0.717) is 5.56 Å². The summed E-state index contributed by atoms with van der Waals surface area (Å²) >= 11 is 0. The molecule has 0 aromatic carbocycles. The van der Waals surface area contributed by atoms with Gasteiger partial charge in [-0.3, -0.25) is 4.90 Å². The normalized spacial score (nSPS) is 16.2. The van der Waals surface area contributed by atoms with Gasteiger partial charge in [0.05, 0.1) is 24.4 Å². The van der Waals surface area contributed by atoms with Gasteiger partial charge in [0.1, 0.15) is 11.6 Å². The van der Waals surface area contributed by atoms with E-state index in [2.05, 4.69) is 46.6 Å². The van der Waals surface area contributed by atoms with Crippen LogP contribution in [0.4, 0.5) is 5.82 Å². The predicted molar refractivity (Wildman–Crippen MR) is 91.6 cm³/mol. The second-order valence-electron chi connectivity index (χ2n) is 7.15. The molecule has 1 fully saturated rings. The quantitative estimate of drug-likeness (QED) is 0.864. The minimum atomic E-state index is -0.0125. The molecule has 0 N–H and O–H groups in total. The molecule has 126 valence electrons. The van der Waals surface area contributed by atoms with Gasteiger partial charge >= 0.3 is 0 Å². The molecule has 1 aliphatic heterocycles. The molecule has 1 aliphatic rings. The van der Waals surface area contributed by atoms with Crippen LogP contribution in [0.25, 0.3) is 0 Å². The molecule has 0 saturated carbocycles. The lowest BCUT2D eigenvalue weighted by Crippen LogP contribution is -2.46. The van der Waals surface area contributed by atoms with Gasteiger partial charge in [0.2, 0.25) is 5.89 Å². The molecule has 0 spiro atoms. The van der Waals surface area contributed by atoms with E-state index in [-0.39, 0.29) is 5.41 Å². The minimum absolute atomic E-state index is 0.0125. The van der Waals surface area contributed by atoms with E-state index in [1.807, 2.05) is 12.3 Å². The maximum absolute atomic E-state index is 9.00. The van der Waals surface area contributed by atoms with Gasteiger partial charge in [0, 0.05) is 37.8 Å². The van der Waals surface area contributed by atoms with Crippen molar-refractivity contribution in [2.45, 2.75) is 32.7 Å². The van der Waals surface area contributed by atoms with E-state index in [4.69, 9.17) is 9.68 Å². The molecule has 3 heterocycles. The van der Waals surface area contributed by atoms with Crippen LogP contribution in [0.1, 0.15) is 38.0 Å². The Labute approximate surface area is 142 Å². The Balaban J connectivity index is 1.57. The number of pyridine rings is 1. The highest BCUT2D eigenvalue weighted by Crippen LogP contribution is 2.23. The van der Waals surface area contributed by atoms with Crippen molar-refractivity contribution >= 4 is 5.82 Å². The van der Waals surface area contributed by atoms with E-state index in [1.165, 1.54) is 0 Å². The highest BCUT2D eigenvalue weighted by Gasteiger charge is 2.22. The zero-order chi connectivity index (χ0) is 17.2. The minimum Gasteiger partial charge on any atom is -0.444 e. The zero-order valence-electron chi connectivity index (χ0n) is 14.5. The van der Waals surface area contributed by atoms with E-state index in [0.717, 1.165) is 50.2 Å². The average molecular weight is 325 g/mol. The molecule has 1 saturated heterocycles. The zero-order valence-corrected chi connectivity index (χ0v) is 14.5. The van der Waals surface area contributed by atoms with Crippen LogP contribution in [0.5, 0.6) is 0 Å². The fraction of sp³-hybridized carbons (Fsp3) is 0.500. The Morgan fingerprint density at radius 1 is 1.21 bits per heavy atom. The summed E-state index contributed by atoms with van der Waals surface area (Å²) in [5.74, 6) is 2.58. The van der Waals surface area contributed by atoms with Crippen molar-refractivity contribution in [3.05, 3.63) is 41.7 Å². The first-order valence-electron chi connectivity index (χ1n) is 8.24. The second-order valence-corrected chi connectivity index (χ2v) is 7.15. The molecule has 0 atom stereocenters. The fourth-order valence-electron chi connectivity index (χ4n) is 2.72. The van der Waals surface area contributed by atoms with Crippen molar-refractivity contribution in [3.63, 3.8) is 0 Å². The number of hydrogen-bond donors (Lipinski definition) is 0. The van der Waals surface area contributed by atoms with Crippen LogP contribution in [-0.2, 0) is 12.0 Å². The number of oxazole rings is 1. The van der Waals surface area contributed by atoms with Crippen molar-refractivity contribution in [2.75, 3.05) is 31.1 Å². The van der Waals surface area contributed by atoms with Crippen LogP contribution in [-0.4, -0.2) is 41.0 Å². The topological polar surface area (TPSA) is 69.2 Å². The molecule has 0 radical (unpaired) electrons. The summed E-state index contributed by atoms with van der Waals surface area (Å²) in [5, 5.41) is 9.00. The van der Waals surface area contributed by atoms with Gasteiger partial charge < -0.3 is 9.32 Å². The third-order valence-electron chi connectivity index (χ3n) is 4.22. The number of piperazine rings is 1. The maximum Gasteiger partial charge on any atom is 0.208 e. The maximum atomic E-state index is 9.00. The molecular formula is C18H23N5O. The fourth-order valence-corrected chi connectivity index (χ4v) is 2.72. The van der Waals surface area contributed by atoms with Crippen LogP contribution >= 0.6 is 0 Å². The van der Waals surface area contributed by atoms with Crippen LogP contribution in [0, 0.1) is 11.3 Å². The Kier molecular flexibility index (Phi) is 4.54. The van der Waals surface area contributed by atoms with Crippen molar-refractivity contribution in [1.29, 1.82) is 5.26 Å². The number of rotatable bonds is 3. The average Bonchev–Trinajstić information content (AvgIpc) is 3.04. The third-order valence-corrected chi connectivity index (χ3v) is 4.22. The molecule has 2 aromatic rings. The summed E-state index contributed by atoms with van der Waals surface area (Å²) in [6, 6.07) is 5.74. The summed E-state index contributed by atoms with van der Waals surface area (Å²) in [5.41, 5.74) is 0.637. The molecular weight excluding hydrogens is 302 g/mol. The van der Waals surface area contributed by atoms with E-state index < -0.39 is 0 Å². The van der Waals surface area contributed by atoms with Gasteiger partial charge in [0.15, 0.2) is 0 Å². The Hall–Kier alpha value is -2.39. The van der Waals surface area contributed by atoms with Gasteiger partial charge in [-0.15, -0.1) is 0 Å². The molecule has 0 amide bonds. The van der Waals surface area contributed by atoms with Crippen LogP contribution in [0.2, 0.25) is 0 Å². The summed E-state index contributed by atoms with van der Waals surface area (Å²) < 4.78 is 5.88. The standard InChI is InChI=1S/C18H23N5O/c1-18(2,3)15-12-21-17(24-15)13-22-6-8-23(9-7-22)16-10-14(11-19)4-5-20-16/h4-5,10,12H,6-9,13H2,1-3H3. The predicted octanol–water partition coefficient (Wildman–Crippen LogP) is 2.56. The van der Waals surface area contributed by atoms with Crippen LogP contribution in [0.15, 0.2) is 28.9 Å². The van der Waals surface area contributed by atoms with Crippen molar-refractivity contribution < 1.29 is 4.42 Å². The first-order valence-corrected chi connectivity index (χ1v) is 8.24. The van der Waals surface area contributed by atoms with Crippen molar-refractivity contribution in [3.8, 4) is 6.07 Å². The van der Waals surface area contributed by atoms with E-state index >= 15 is 0 Å². The Morgan fingerprint density at radius 2 is 1.96 bits per heavy atom. The summed E-state index contributed by atoms with van der Waals surface area (Å²) in [6.45, 7) is 10.7. The number of nitrogens with zero attached hydrogens (tertiary/aromatic N) is 5. The smallest absolute Gasteiger partial charge is 0.208 e. The number of hydrogen-bond acceptors (Lipinski definition) is 6. The van der Waals surface area contributed by atoms with E-state index in [1.54, 1.807) is 12.3 Å². The second kappa shape index (κ2) is 6.62. The van der Waals surface area contributed by atoms with Crippen molar-refractivity contribution in [2.24, 2.45) is 0 Å². The molecule has 0 aliphatic carbocycles. The summed E-state index contributed by atoms with van der Waals surface area (Å²) in [7, 11) is 0. The largest absolute Gasteiger partial charge is 0.444 e. The summed E-state index contributed by atoms with van der Waals surface area (Å²) in [4.78, 5) is 13.3. The van der Waals surface area contributed by atoms with E-state index in [9.17, 15) is 0 Å². The molecule has 6 heteroatoms. The highest BCUT2D eigenvalue weighted by atomic mass is 16.4. The van der Waals surface area contributed by atoms with Crippen LogP contribution in [0.3, 0.4) is 0 Å². The van der Waals surface area contributed by atoms with Gasteiger partial charge in [-0.05, 0) is 12.1 Å². The summed E-state index contributed by atoms with van der Waals surface area (Å²) in [6.07, 6.45) is 3.53. The molecule has 24 heavy (non-hydrogen) atoms. The van der Waals surface area contributed by atoms with Crippen molar-refractivity contribution in [1.82, 2.24) is 14.9 Å². The van der Waals surface area contributed by atoms with Gasteiger partial charge in [-0.2, -0.15) is 5.26 Å². The lowest BCUT2D eigenvalue weighted by Gasteiger charge is -2.34. The third kappa shape index (κ3) is 3.74. The number of nitriles is 1. The molecule has 3 rings (SSSR count). The van der Waals surface area contributed by atoms with Gasteiger partial charge in [-0.25, -0.2) is 9.97 Å². The van der Waals surface area contributed by atoms with Crippen LogP contribution < -0.4 is 4.90 Å². The lowest BCUT2D eigenvalue weighted by molar-refractivity contribution is 0.220. The van der Waals surface area contributed by atoms with Gasteiger partial charge in [-0.1, -0.05) is 20.8 Å². The molecule has 6 nitrogen and oxygen atoms in total. The van der Waals surface area contributed by atoms with Gasteiger partial charge in [0.25, 0.3) is 0 Å². The first-order chi connectivity index (χ1) is 11.5. The SMILES string of the molecule is CC(C)(C)c1cnc(CN2CCN(c3cc(C#N)ccn3)CC2)o1. The monoisotopic (exact) mass is 325 g/mol. The molecule has 0 unspecified atom stereocenters. The number of anilines is 1. The Bertz CT molecular complexity index is 732. The molecule has 0 bridgehead atoms. The lowest BCUT2D eigenvalue weighted by atomic mass is 9.94. The molecule has 2 aromatic heterocycles. The first kappa shape index (κ1) is 16.5. The highest BCUT2D eigenvalue weighted by molar-refractivity contribution is 5.45. The Morgan fingerprint density at radius 3 is 2.58 bits per heavy atom. The number of aromatic nitrogens is 2.